The molecule has 5 heteroatoms. The van der Waals surface area contributed by atoms with Crippen molar-refractivity contribution in [1.29, 1.82) is 0 Å². The Morgan fingerprint density at radius 1 is 1.30 bits per heavy atom. The molecule has 0 aromatic heterocycles. The van der Waals surface area contributed by atoms with Gasteiger partial charge in [0.2, 0.25) is 5.91 Å². The number of carbonyl (C=O) groups is 2. The Labute approximate surface area is 119 Å². The summed E-state index contributed by atoms with van der Waals surface area (Å²) in [5.41, 5.74) is 6.76. The number of anilines is 1. The number of nitrogens with one attached hydrogen (secondary N) is 2. The third kappa shape index (κ3) is 4.66. The zero-order valence-corrected chi connectivity index (χ0v) is 12.1. The molecule has 0 heterocycles. The number of hydrogen-bond donors (Lipinski definition) is 3. The van der Waals surface area contributed by atoms with Crippen LogP contribution in [0, 0.1) is 5.92 Å². The molecular weight excluding hydrogens is 254 g/mol. The fourth-order valence-corrected chi connectivity index (χ4v) is 1.95. The molecule has 0 saturated heterocycles. The molecule has 0 aliphatic carbocycles. The summed E-state index contributed by atoms with van der Waals surface area (Å²) >= 11 is 0. The van der Waals surface area contributed by atoms with E-state index < -0.39 is 0 Å². The smallest absolute Gasteiger partial charge is 0.251 e. The third-order valence-electron chi connectivity index (χ3n) is 3.02. The summed E-state index contributed by atoms with van der Waals surface area (Å²) in [6.07, 6.45) is 1.67. The lowest BCUT2D eigenvalue weighted by Crippen LogP contribution is -2.29. The van der Waals surface area contributed by atoms with E-state index in [1.54, 1.807) is 24.3 Å². The van der Waals surface area contributed by atoms with Gasteiger partial charge in [-0.25, -0.2) is 0 Å². The van der Waals surface area contributed by atoms with Crippen molar-refractivity contribution >= 4 is 17.5 Å². The van der Waals surface area contributed by atoms with Gasteiger partial charge < -0.3 is 16.4 Å². The Kier molecular flexibility index (Phi) is 6.73. The predicted octanol–water partition coefficient (Wildman–Crippen LogP) is 1.75. The van der Waals surface area contributed by atoms with E-state index in [1.807, 2.05) is 13.8 Å². The SMILES string of the molecule is CCCC(CN)C(=O)Nc1cccc(C(=O)NCC)c1. The first kappa shape index (κ1) is 16.2. The van der Waals surface area contributed by atoms with Gasteiger partial charge in [0, 0.05) is 24.3 Å². The fourth-order valence-electron chi connectivity index (χ4n) is 1.95. The maximum atomic E-state index is 12.0. The van der Waals surface area contributed by atoms with Gasteiger partial charge >= 0.3 is 0 Å². The predicted molar refractivity (Wildman–Crippen MR) is 80.5 cm³/mol. The van der Waals surface area contributed by atoms with Gasteiger partial charge in [-0.05, 0) is 31.5 Å². The minimum absolute atomic E-state index is 0.0950. The van der Waals surface area contributed by atoms with Crippen molar-refractivity contribution in [3.05, 3.63) is 29.8 Å². The van der Waals surface area contributed by atoms with E-state index in [2.05, 4.69) is 10.6 Å². The first-order chi connectivity index (χ1) is 9.62. The Bertz CT molecular complexity index is 460. The molecule has 20 heavy (non-hydrogen) atoms. The Balaban J connectivity index is 2.75. The highest BCUT2D eigenvalue weighted by Crippen LogP contribution is 2.13. The molecule has 0 fully saturated rings. The summed E-state index contributed by atoms with van der Waals surface area (Å²) in [5, 5.41) is 5.54. The van der Waals surface area contributed by atoms with E-state index in [0.29, 0.717) is 24.3 Å². The van der Waals surface area contributed by atoms with Crippen molar-refractivity contribution in [1.82, 2.24) is 5.32 Å². The van der Waals surface area contributed by atoms with Crippen molar-refractivity contribution in [3.8, 4) is 0 Å². The Morgan fingerprint density at radius 2 is 2.05 bits per heavy atom. The van der Waals surface area contributed by atoms with Crippen LogP contribution in [0.25, 0.3) is 0 Å². The highest BCUT2D eigenvalue weighted by atomic mass is 16.2. The molecule has 1 aromatic rings. The Morgan fingerprint density at radius 3 is 2.65 bits per heavy atom. The average molecular weight is 277 g/mol. The topological polar surface area (TPSA) is 84.2 Å². The quantitative estimate of drug-likeness (QED) is 0.710. The lowest BCUT2D eigenvalue weighted by molar-refractivity contribution is -0.119. The summed E-state index contributed by atoms with van der Waals surface area (Å²) in [7, 11) is 0. The number of amides is 2. The highest BCUT2D eigenvalue weighted by molar-refractivity contribution is 5.97. The highest BCUT2D eigenvalue weighted by Gasteiger charge is 2.16. The average Bonchev–Trinajstić information content (AvgIpc) is 2.45. The minimum atomic E-state index is -0.187. The van der Waals surface area contributed by atoms with E-state index in [1.165, 1.54) is 0 Å². The minimum Gasteiger partial charge on any atom is -0.352 e. The van der Waals surface area contributed by atoms with Crippen LogP contribution in [0.2, 0.25) is 0 Å². The van der Waals surface area contributed by atoms with Crippen LogP contribution in [0.1, 0.15) is 37.0 Å². The van der Waals surface area contributed by atoms with Crippen LogP contribution in [0.5, 0.6) is 0 Å². The number of nitrogens with two attached hydrogens (primary N) is 1. The molecule has 1 aromatic carbocycles. The Hall–Kier alpha value is -1.88. The molecular formula is C15H23N3O2. The van der Waals surface area contributed by atoms with Crippen molar-refractivity contribution < 1.29 is 9.59 Å². The van der Waals surface area contributed by atoms with Gasteiger partial charge in [0.05, 0.1) is 5.92 Å². The monoisotopic (exact) mass is 277 g/mol. The van der Waals surface area contributed by atoms with Crippen molar-refractivity contribution in [2.75, 3.05) is 18.4 Å². The second-order valence-corrected chi connectivity index (χ2v) is 4.65. The maximum Gasteiger partial charge on any atom is 0.251 e. The summed E-state index contributed by atoms with van der Waals surface area (Å²) in [6, 6.07) is 6.90. The molecule has 4 N–H and O–H groups in total. The van der Waals surface area contributed by atoms with Crippen LogP contribution in [-0.2, 0) is 4.79 Å². The number of benzene rings is 1. The van der Waals surface area contributed by atoms with Gasteiger partial charge in [0.25, 0.3) is 5.91 Å². The molecule has 110 valence electrons. The molecule has 0 aliphatic heterocycles. The van der Waals surface area contributed by atoms with Gasteiger partial charge in [0.15, 0.2) is 0 Å². The van der Waals surface area contributed by atoms with E-state index in [-0.39, 0.29) is 17.7 Å². The summed E-state index contributed by atoms with van der Waals surface area (Å²) in [5.74, 6) is -0.428. The summed E-state index contributed by atoms with van der Waals surface area (Å²) in [4.78, 5) is 23.8. The lowest BCUT2D eigenvalue weighted by atomic mass is 10.0. The van der Waals surface area contributed by atoms with Crippen molar-refractivity contribution in [2.45, 2.75) is 26.7 Å². The number of hydrogen-bond acceptors (Lipinski definition) is 3. The molecule has 0 spiro atoms. The summed E-state index contributed by atoms with van der Waals surface area (Å²) in [6.45, 7) is 4.78. The number of rotatable bonds is 7. The van der Waals surface area contributed by atoms with Crippen molar-refractivity contribution in [2.24, 2.45) is 11.7 Å². The fraction of sp³-hybridized carbons (Fsp3) is 0.467. The van der Waals surface area contributed by atoms with Crippen LogP contribution in [-0.4, -0.2) is 24.9 Å². The van der Waals surface area contributed by atoms with Gasteiger partial charge in [-0.1, -0.05) is 19.4 Å². The van der Waals surface area contributed by atoms with E-state index in [4.69, 9.17) is 5.73 Å². The normalized spacial score (nSPS) is 11.8. The van der Waals surface area contributed by atoms with Crippen LogP contribution in [0.15, 0.2) is 24.3 Å². The summed E-state index contributed by atoms with van der Waals surface area (Å²) < 4.78 is 0. The molecule has 1 rings (SSSR count). The van der Waals surface area contributed by atoms with Gasteiger partial charge in [0.1, 0.15) is 0 Å². The van der Waals surface area contributed by atoms with Crippen LogP contribution >= 0.6 is 0 Å². The van der Waals surface area contributed by atoms with Crippen LogP contribution in [0.3, 0.4) is 0 Å². The lowest BCUT2D eigenvalue weighted by Gasteiger charge is -2.14. The second kappa shape index (κ2) is 8.32. The molecule has 5 nitrogen and oxygen atoms in total. The molecule has 0 aliphatic rings. The zero-order valence-electron chi connectivity index (χ0n) is 12.1. The van der Waals surface area contributed by atoms with Crippen molar-refractivity contribution in [3.63, 3.8) is 0 Å². The first-order valence-corrected chi connectivity index (χ1v) is 7.01. The van der Waals surface area contributed by atoms with E-state index in [9.17, 15) is 9.59 Å². The van der Waals surface area contributed by atoms with E-state index in [0.717, 1.165) is 12.8 Å². The molecule has 0 saturated carbocycles. The molecule has 1 unspecified atom stereocenters. The standard InChI is InChI=1S/C15H23N3O2/c1-3-6-12(10-16)15(20)18-13-8-5-7-11(9-13)14(19)17-4-2/h5,7-9,12H,3-4,6,10,16H2,1-2H3,(H,17,19)(H,18,20). The maximum absolute atomic E-state index is 12.0. The molecule has 1 atom stereocenters. The van der Waals surface area contributed by atoms with E-state index >= 15 is 0 Å². The van der Waals surface area contributed by atoms with Crippen LogP contribution < -0.4 is 16.4 Å². The zero-order chi connectivity index (χ0) is 15.0. The van der Waals surface area contributed by atoms with Gasteiger partial charge in [-0.3, -0.25) is 9.59 Å². The molecule has 0 radical (unpaired) electrons. The second-order valence-electron chi connectivity index (χ2n) is 4.65. The molecule has 2 amide bonds. The van der Waals surface area contributed by atoms with Crippen LogP contribution in [0.4, 0.5) is 5.69 Å². The largest absolute Gasteiger partial charge is 0.352 e. The first-order valence-electron chi connectivity index (χ1n) is 7.01. The van der Waals surface area contributed by atoms with Gasteiger partial charge in [-0.2, -0.15) is 0 Å². The third-order valence-corrected chi connectivity index (χ3v) is 3.02. The molecule has 0 bridgehead atoms. The number of carbonyl (C=O) groups excluding carboxylic acids is 2. The van der Waals surface area contributed by atoms with Gasteiger partial charge in [-0.15, -0.1) is 0 Å².